The largest absolute Gasteiger partial charge is 0.399 e. The first-order valence-corrected chi connectivity index (χ1v) is 7.54. The second-order valence-electron chi connectivity index (χ2n) is 5.07. The molecule has 1 heterocycles. The van der Waals surface area contributed by atoms with Gasteiger partial charge in [0, 0.05) is 12.2 Å². The zero-order valence-corrected chi connectivity index (χ0v) is 12.3. The van der Waals surface area contributed by atoms with E-state index in [1.807, 2.05) is 29.2 Å². The lowest BCUT2D eigenvalue weighted by Gasteiger charge is -2.25. The van der Waals surface area contributed by atoms with Crippen LogP contribution in [0.15, 0.2) is 24.3 Å². The molecule has 2 rings (SSSR count). The summed E-state index contributed by atoms with van der Waals surface area (Å²) in [5.74, 6) is 0.822. The van der Waals surface area contributed by atoms with Crippen molar-refractivity contribution in [2.24, 2.45) is 0 Å². The standard InChI is InChI=1S/C14H21N3OS/c1-16(2)8-3-9-17-13(18)10-19-14(17)11-4-6-12(15)7-5-11/h4-7,14H,3,8-10,15H2,1-2H3. The lowest BCUT2D eigenvalue weighted by Crippen LogP contribution is -2.31. The Bertz CT molecular complexity index is 433. The van der Waals surface area contributed by atoms with E-state index in [-0.39, 0.29) is 11.3 Å². The van der Waals surface area contributed by atoms with Gasteiger partial charge >= 0.3 is 0 Å². The predicted molar refractivity (Wildman–Crippen MR) is 80.9 cm³/mol. The van der Waals surface area contributed by atoms with Gasteiger partial charge in [-0.3, -0.25) is 4.79 Å². The highest BCUT2D eigenvalue weighted by Gasteiger charge is 2.32. The van der Waals surface area contributed by atoms with Gasteiger partial charge < -0.3 is 15.5 Å². The molecule has 1 aliphatic rings. The first-order valence-electron chi connectivity index (χ1n) is 6.49. The van der Waals surface area contributed by atoms with Gasteiger partial charge in [-0.05, 0) is 44.8 Å². The van der Waals surface area contributed by atoms with E-state index in [1.165, 1.54) is 0 Å². The topological polar surface area (TPSA) is 49.6 Å². The van der Waals surface area contributed by atoms with E-state index in [9.17, 15) is 4.79 Å². The Morgan fingerprint density at radius 1 is 1.37 bits per heavy atom. The number of hydrogen-bond donors (Lipinski definition) is 1. The number of nitrogen functional groups attached to an aromatic ring is 1. The van der Waals surface area contributed by atoms with Crippen LogP contribution in [0.1, 0.15) is 17.4 Å². The predicted octanol–water partition coefficient (Wildman–Crippen LogP) is 1.79. The highest BCUT2D eigenvalue weighted by atomic mass is 32.2. The molecule has 0 spiro atoms. The van der Waals surface area contributed by atoms with Crippen LogP contribution in [0.2, 0.25) is 0 Å². The number of nitrogens with zero attached hydrogens (tertiary/aromatic N) is 2. The molecule has 1 saturated heterocycles. The second kappa shape index (κ2) is 6.30. The highest BCUT2D eigenvalue weighted by molar-refractivity contribution is 8.00. The molecule has 4 nitrogen and oxygen atoms in total. The second-order valence-corrected chi connectivity index (χ2v) is 6.14. The quantitative estimate of drug-likeness (QED) is 0.835. The summed E-state index contributed by atoms with van der Waals surface area (Å²) < 4.78 is 0. The Morgan fingerprint density at radius 3 is 2.68 bits per heavy atom. The Hall–Kier alpha value is -1.20. The Kier molecular flexibility index (Phi) is 4.71. The van der Waals surface area contributed by atoms with E-state index in [4.69, 9.17) is 5.73 Å². The Balaban J connectivity index is 2.02. The van der Waals surface area contributed by atoms with Crippen molar-refractivity contribution in [3.8, 4) is 0 Å². The maximum Gasteiger partial charge on any atom is 0.233 e. The third kappa shape index (κ3) is 3.64. The van der Waals surface area contributed by atoms with Crippen LogP contribution < -0.4 is 5.73 Å². The number of benzene rings is 1. The number of nitrogens with two attached hydrogens (primary N) is 1. The van der Waals surface area contributed by atoms with Gasteiger partial charge in [-0.2, -0.15) is 0 Å². The van der Waals surface area contributed by atoms with Crippen molar-refractivity contribution >= 4 is 23.4 Å². The van der Waals surface area contributed by atoms with Gasteiger partial charge in [-0.25, -0.2) is 0 Å². The Labute approximate surface area is 118 Å². The van der Waals surface area contributed by atoms with Crippen molar-refractivity contribution in [3.05, 3.63) is 29.8 Å². The van der Waals surface area contributed by atoms with E-state index in [0.29, 0.717) is 5.75 Å². The van der Waals surface area contributed by atoms with Crippen LogP contribution in [0.4, 0.5) is 5.69 Å². The maximum absolute atomic E-state index is 12.0. The molecule has 104 valence electrons. The van der Waals surface area contributed by atoms with Crippen LogP contribution in [0.5, 0.6) is 0 Å². The zero-order chi connectivity index (χ0) is 13.8. The van der Waals surface area contributed by atoms with Crippen molar-refractivity contribution in [3.63, 3.8) is 0 Å². The summed E-state index contributed by atoms with van der Waals surface area (Å²) in [6.45, 7) is 1.82. The number of anilines is 1. The van der Waals surface area contributed by atoms with Gasteiger partial charge in [0.25, 0.3) is 0 Å². The molecule has 0 radical (unpaired) electrons. The molecule has 19 heavy (non-hydrogen) atoms. The molecule has 0 aliphatic carbocycles. The average Bonchev–Trinajstić information content (AvgIpc) is 2.72. The average molecular weight is 279 g/mol. The van der Waals surface area contributed by atoms with Crippen molar-refractivity contribution in [2.75, 3.05) is 38.7 Å². The molecule has 1 aromatic rings. The monoisotopic (exact) mass is 279 g/mol. The molecule has 1 aliphatic heterocycles. The van der Waals surface area contributed by atoms with Crippen molar-refractivity contribution in [1.29, 1.82) is 0 Å². The smallest absolute Gasteiger partial charge is 0.233 e. The molecule has 0 aromatic heterocycles. The SMILES string of the molecule is CN(C)CCCN1C(=O)CSC1c1ccc(N)cc1. The summed E-state index contributed by atoms with van der Waals surface area (Å²) in [4.78, 5) is 16.1. The summed E-state index contributed by atoms with van der Waals surface area (Å²) in [6.07, 6.45) is 1.00. The van der Waals surface area contributed by atoms with Gasteiger partial charge in [0.2, 0.25) is 5.91 Å². The molecule has 5 heteroatoms. The number of amides is 1. The summed E-state index contributed by atoms with van der Waals surface area (Å²) in [6, 6.07) is 7.84. The molecule has 1 unspecified atom stereocenters. The summed E-state index contributed by atoms with van der Waals surface area (Å²) in [7, 11) is 4.11. The van der Waals surface area contributed by atoms with Crippen LogP contribution >= 0.6 is 11.8 Å². The molecule has 1 aromatic carbocycles. The van der Waals surface area contributed by atoms with E-state index in [0.717, 1.165) is 30.8 Å². The third-order valence-corrected chi connectivity index (χ3v) is 4.45. The minimum Gasteiger partial charge on any atom is -0.399 e. The minimum absolute atomic E-state index is 0.148. The number of carbonyl (C=O) groups excluding carboxylic acids is 1. The Morgan fingerprint density at radius 2 is 2.05 bits per heavy atom. The molecular weight excluding hydrogens is 258 g/mol. The third-order valence-electron chi connectivity index (χ3n) is 3.19. The normalized spacial score (nSPS) is 19.4. The maximum atomic E-state index is 12.0. The molecule has 2 N–H and O–H groups in total. The van der Waals surface area contributed by atoms with Crippen LogP contribution in [-0.4, -0.2) is 48.6 Å². The van der Waals surface area contributed by atoms with Crippen LogP contribution in [0.25, 0.3) is 0 Å². The van der Waals surface area contributed by atoms with Crippen molar-refractivity contribution in [2.45, 2.75) is 11.8 Å². The van der Waals surface area contributed by atoms with Gasteiger partial charge in [0.05, 0.1) is 5.75 Å². The number of hydrogen-bond acceptors (Lipinski definition) is 4. The first kappa shape index (κ1) is 14.2. The first-order chi connectivity index (χ1) is 9.08. The molecule has 0 bridgehead atoms. The molecule has 0 saturated carbocycles. The molecule has 1 amide bonds. The van der Waals surface area contributed by atoms with Crippen molar-refractivity contribution in [1.82, 2.24) is 9.80 Å². The van der Waals surface area contributed by atoms with Crippen molar-refractivity contribution < 1.29 is 4.79 Å². The fraction of sp³-hybridized carbons (Fsp3) is 0.500. The fourth-order valence-corrected chi connectivity index (χ4v) is 3.41. The van der Waals surface area contributed by atoms with Gasteiger partial charge in [-0.15, -0.1) is 11.8 Å². The molecule has 1 fully saturated rings. The van der Waals surface area contributed by atoms with Crippen LogP contribution in [0.3, 0.4) is 0 Å². The van der Waals surface area contributed by atoms with Gasteiger partial charge in [0.1, 0.15) is 5.37 Å². The lowest BCUT2D eigenvalue weighted by atomic mass is 10.2. The van der Waals surface area contributed by atoms with E-state index < -0.39 is 0 Å². The van der Waals surface area contributed by atoms with E-state index in [2.05, 4.69) is 19.0 Å². The molecular formula is C14H21N3OS. The van der Waals surface area contributed by atoms with Gasteiger partial charge in [-0.1, -0.05) is 12.1 Å². The van der Waals surface area contributed by atoms with Crippen LogP contribution in [0, 0.1) is 0 Å². The highest BCUT2D eigenvalue weighted by Crippen LogP contribution is 2.38. The minimum atomic E-state index is 0.148. The number of carbonyl (C=O) groups is 1. The summed E-state index contributed by atoms with van der Waals surface area (Å²) in [5.41, 5.74) is 7.63. The van der Waals surface area contributed by atoms with E-state index in [1.54, 1.807) is 11.8 Å². The van der Waals surface area contributed by atoms with E-state index >= 15 is 0 Å². The zero-order valence-electron chi connectivity index (χ0n) is 11.5. The number of thioether (sulfide) groups is 1. The van der Waals surface area contributed by atoms with Gasteiger partial charge in [0.15, 0.2) is 0 Å². The number of rotatable bonds is 5. The fourth-order valence-electron chi connectivity index (χ4n) is 2.19. The molecule has 1 atom stereocenters. The lowest BCUT2D eigenvalue weighted by molar-refractivity contribution is -0.128. The summed E-state index contributed by atoms with van der Waals surface area (Å²) >= 11 is 1.70. The van der Waals surface area contributed by atoms with Crippen LogP contribution in [-0.2, 0) is 4.79 Å². The summed E-state index contributed by atoms with van der Waals surface area (Å²) in [5, 5.41) is 0.148.